The lowest BCUT2D eigenvalue weighted by Gasteiger charge is -2.45. The molecule has 0 saturated heterocycles. The van der Waals surface area contributed by atoms with Gasteiger partial charge in [-0.1, -0.05) is 42.5 Å². The molecule has 2 aliphatic heterocycles. The largest absolute Gasteiger partial charge is 0.337 e. The number of para-hydroxylation sites is 1. The zero-order valence-corrected chi connectivity index (χ0v) is 17.9. The second kappa shape index (κ2) is 7.24. The van der Waals surface area contributed by atoms with Crippen LogP contribution in [0.5, 0.6) is 0 Å². The molecule has 3 heterocycles. The average molecular weight is 430 g/mol. The average Bonchev–Trinajstić information content (AvgIpc) is 3.19. The van der Waals surface area contributed by atoms with Gasteiger partial charge >= 0.3 is 0 Å². The number of amides is 2. The van der Waals surface area contributed by atoms with E-state index < -0.39 is 12.1 Å². The van der Waals surface area contributed by atoms with Crippen LogP contribution in [0.3, 0.4) is 0 Å². The summed E-state index contributed by atoms with van der Waals surface area (Å²) in [5.41, 5.74) is 4.96. The van der Waals surface area contributed by atoms with Crippen LogP contribution < -0.4 is 15.5 Å². The van der Waals surface area contributed by atoms with Gasteiger partial charge in [-0.05, 0) is 54.5 Å². The molecule has 0 saturated carbocycles. The molecule has 6 heteroatoms. The van der Waals surface area contributed by atoms with Crippen molar-refractivity contribution in [2.24, 2.45) is 0 Å². The van der Waals surface area contributed by atoms with Crippen LogP contribution in [0.4, 0.5) is 10.7 Å². The van der Waals surface area contributed by atoms with Crippen LogP contribution in [0.25, 0.3) is 0 Å². The first-order chi connectivity index (χ1) is 15.2. The number of nitrogens with one attached hydrogen (secondary N) is 2. The van der Waals surface area contributed by atoms with E-state index in [-0.39, 0.29) is 11.8 Å². The molecule has 0 spiro atoms. The highest BCUT2D eigenvalue weighted by Crippen LogP contribution is 2.47. The lowest BCUT2D eigenvalue weighted by atomic mass is 9.84. The summed E-state index contributed by atoms with van der Waals surface area (Å²) < 4.78 is 0. The van der Waals surface area contributed by atoms with Gasteiger partial charge in [-0.3, -0.25) is 9.59 Å². The summed E-state index contributed by atoms with van der Waals surface area (Å²) in [6, 6.07) is 17.6. The molecule has 0 bridgehead atoms. The van der Waals surface area contributed by atoms with Crippen LogP contribution in [-0.2, 0) is 24.2 Å². The highest BCUT2D eigenvalue weighted by atomic mass is 32.1. The van der Waals surface area contributed by atoms with Crippen LogP contribution in [0.2, 0.25) is 0 Å². The molecule has 2 amide bonds. The van der Waals surface area contributed by atoms with Crippen molar-refractivity contribution in [3.8, 4) is 0 Å². The molecular formula is C25H23N3O2S. The van der Waals surface area contributed by atoms with Crippen LogP contribution >= 0.6 is 11.3 Å². The van der Waals surface area contributed by atoms with Crippen LogP contribution in [0.15, 0.2) is 54.6 Å². The van der Waals surface area contributed by atoms with Crippen LogP contribution in [0.1, 0.15) is 50.7 Å². The Bertz CT molecular complexity index is 1190. The Labute approximate surface area is 185 Å². The minimum absolute atomic E-state index is 0.0347. The number of rotatable bonds is 2. The van der Waals surface area contributed by atoms with E-state index >= 15 is 0 Å². The highest BCUT2D eigenvalue weighted by molar-refractivity contribution is 7.16. The Balaban J connectivity index is 1.44. The molecule has 156 valence electrons. The van der Waals surface area contributed by atoms with E-state index in [0.717, 1.165) is 46.6 Å². The topological polar surface area (TPSA) is 61.4 Å². The van der Waals surface area contributed by atoms with Crippen molar-refractivity contribution in [1.29, 1.82) is 0 Å². The smallest absolute Gasteiger partial charge is 0.256 e. The molecule has 5 nitrogen and oxygen atoms in total. The van der Waals surface area contributed by atoms with E-state index in [9.17, 15) is 9.59 Å². The van der Waals surface area contributed by atoms with Crippen molar-refractivity contribution in [3.63, 3.8) is 0 Å². The lowest BCUT2D eigenvalue weighted by molar-refractivity contribution is -0.118. The van der Waals surface area contributed by atoms with Gasteiger partial charge in [0.05, 0.1) is 5.56 Å². The van der Waals surface area contributed by atoms with Crippen molar-refractivity contribution in [2.75, 3.05) is 10.2 Å². The minimum Gasteiger partial charge on any atom is -0.337 e. The first kappa shape index (κ1) is 18.6. The number of hydrogen-bond acceptors (Lipinski definition) is 4. The summed E-state index contributed by atoms with van der Waals surface area (Å²) in [7, 11) is 0. The van der Waals surface area contributed by atoms with Crippen molar-refractivity contribution in [3.05, 3.63) is 81.7 Å². The van der Waals surface area contributed by atoms with E-state index in [1.54, 1.807) is 11.3 Å². The van der Waals surface area contributed by atoms with Gasteiger partial charge in [0, 0.05) is 17.1 Å². The van der Waals surface area contributed by atoms with E-state index in [4.69, 9.17) is 0 Å². The van der Waals surface area contributed by atoms with Gasteiger partial charge < -0.3 is 15.5 Å². The SMILES string of the molecule is O=C1NC2C(C(=O)Nc3ccccc3)c3ccccc3CN2c2sc3c(c21)CCCC3. The maximum Gasteiger partial charge on any atom is 0.256 e. The molecule has 6 rings (SSSR count). The number of thiophene rings is 1. The second-order valence-electron chi connectivity index (χ2n) is 8.47. The monoisotopic (exact) mass is 429 g/mol. The first-order valence-corrected chi connectivity index (χ1v) is 11.7. The normalized spacial score (nSPS) is 21.3. The van der Waals surface area contributed by atoms with E-state index in [1.165, 1.54) is 16.9 Å². The van der Waals surface area contributed by atoms with Gasteiger partial charge in [-0.2, -0.15) is 0 Å². The van der Waals surface area contributed by atoms with Crippen LogP contribution in [0, 0.1) is 0 Å². The Morgan fingerprint density at radius 1 is 1.03 bits per heavy atom. The van der Waals surface area contributed by atoms with Gasteiger partial charge in [0.25, 0.3) is 5.91 Å². The fourth-order valence-corrected chi connectivity index (χ4v) is 6.61. The first-order valence-electron chi connectivity index (χ1n) is 10.9. The molecule has 1 aliphatic carbocycles. The van der Waals surface area contributed by atoms with Crippen molar-refractivity contribution < 1.29 is 9.59 Å². The Hall–Kier alpha value is -3.12. The number of nitrogens with zero attached hydrogens (tertiary/aromatic N) is 1. The predicted molar refractivity (Wildman–Crippen MR) is 123 cm³/mol. The number of carbonyl (C=O) groups excluding carboxylic acids is 2. The summed E-state index contributed by atoms with van der Waals surface area (Å²) in [4.78, 5) is 30.4. The summed E-state index contributed by atoms with van der Waals surface area (Å²) >= 11 is 1.75. The minimum atomic E-state index is -0.485. The number of carbonyl (C=O) groups is 2. The highest BCUT2D eigenvalue weighted by Gasteiger charge is 2.46. The van der Waals surface area contributed by atoms with Gasteiger partial charge in [0.1, 0.15) is 17.1 Å². The molecule has 3 aromatic rings. The van der Waals surface area contributed by atoms with Gasteiger partial charge in [0.15, 0.2) is 0 Å². The second-order valence-corrected chi connectivity index (χ2v) is 9.55. The van der Waals surface area contributed by atoms with Crippen molar-refractivity contribution >= 4 is 33.8 Å². The lowest BCUT2D eigenvalue weighted by Crippen LogP contribution is -2.59. The molecule has 2 N–H and O–H groups in total. The quantitative estimate of drug-likeness (QED) is 0.633. The number of hydrogen-bond donors (Lipinski definition) is 2. The third-order valence-corrected chi connectivity index (χ3v) is 7.95. The molecule has 0 radical (unpaired) electrons. The van der Waals surface area contributed by atoms with E-state index in [0.29, 0.717) is 6.54 Å². The van der Waals surface area contributed by atoms with E-state index in [2.05, 4.69) is 21.6 Å². The molecule has 31 heavy (non-hydrogen) atoms. The van der Waals surface area contributed by atoms with Gasteiger partial charge in [-0.25, -0.2) is 0 Å². The molecule has 2 aromatic carbocycles. The molecule has 0 fully saturated rings. The van der Waals surface area contributed by atoms with Gasteiger partial charge in [0.2, 0.25) is 5.91 Å². The Kier molecular flexibility index (Phi) is 4.35. The van der Waals surface area contributed by atoms with E-state index in [1.807, 2.05) is 48.5 Å². The molecule has 2 atom stereocenters. The Morgan fingerprint density at radius 2 is 1.81 bits per heavy atom. The fourth-order valence-electron chi connectivity index (χ4n) is 5.19. The predicted octanol–water partition coefficient (Wildman–Crippen LogP) is 4.44. The number of anilines is 2. The molecule has 3 aliphatic rings. The summed E-state index contributed by atoms with van der Waals surface area (Å²) in [6.07, 6.45) is 3.95. The number of aryl methyl sites for hydroxylation is 1. The van der Waals surface area contributed by atoms with Gasteiger partial charge in [-0.15, -0.1) is 11.3 Å². The fraction of sp³-hybridized carbons (Fsp3) is 0.280. The summed E-state index contributed by atoms with van der Waals surface area (Å²) in [5.74, 6) is -0.618. The number of fused-ring (bicyclic) bond motifs is 6. The molecular weight excluding hydrogens is 406 g/mol. The summed E-state index contributed by atoms with van der Waals surface area (Å²) in [6.45, 7) is 0.697. The third-order valence-electron chi connectivity index (χ3n) is 6.63. The molecule has 2 unspecified atom stereocenters. The third kappa shape index (κ3) is 2.97. The zero-order chi connectivity index (χ0) is 20.9. The molecule has 1 aromatic heterocycles. The summed E-state index contributed by atoms with van der Waals surface area (Å²) in [5, 5.41) is 7.30. The van der Waals surface area contributed by atoms with Crippen molar-refractivity contribution in [2.45, 2.75) is 44.3 Å². The van der Waals surface area contributed by atoms with Crippen LogP contribution in [-0.4, -0.2) is 18.0 Å². The maximum absolute atomic E-state index is 13.5. The zero-order valence-electron chi connectivity index (χ0n) is 17.1. The Morgan fingerprint density at radius 3 is 2.68 bits per heavy atom. The number of benzene rings is 2. The maximum atomic E-state index is 13.5. The standard InChI is InChI=1S/C25H23N3O2S/c29-23(26-16-9-2-1-3-10-16)20-17-11-5-4-8-15(17)14-28-22(20)27-24(30)21-18-12-6-7-13-19(18)31-25(21)28/h1-5,8-11,20,22H,6-7,12-14H2,(H,26,29)(H,27,30). The van der Waals surface area contributed by atoms with Crippen molar-refractivity contribution in [1.82, 2.24) is 5.32 Å².